The highest BCUT2D eigenvalue weighted by Crippen LogP contribution is 2.21. The van der Waals surface area contributed by atoms with Crippen LogP contribution in [0.15, 0.2) is 41.4 Å². The minimum Gasteiger partial charge on any atom is -0.322 e. The molecule has 0 atom stereocenters. The number of hydrogen-bond donors (Lipinski definition) is 3. The van der Waals surface area contributed by atoms with Crippen LogP contribution in [0, 0.1) is 0 Å². The fourth-order valence-electron chi connectivity index (χ4n) is 2.39. The Kier molecular flexibility index (Phi) is 5.45. The van der Waals surface area contributed by atoms with Gasteiger partial charge in [0.1, 0.15) is 10.0 Å². The van der Waals surface area contributed by atoms with Gasteiger partial charge in [-0.1, -0.05) is 29.3 Å². The van der Waals surface area contributed by atoms with E-state index in [0.29, 0.717) is 17.9 Å². The Morgan fingerprint density at radius 3 is 2.73 bits per heavy atom. The molecule has 2 heterocycles. The summed E-state index contributed by atoms with van der Waals surface area (Å²) in [5, 5.41) is 2.87. The van der Waals surface area contributed by atoms with Crippen molar-refractivity contribution in [3.8, 4) is 0 Å². The molecule has 0 saturated heterocycles. The van der Waals surface area contributed by atoms with Gasteiger partial charge in [-0.25, -0.2) is 4.98 Å². The number of nitrogens with one attached hydrogen (secondary N) is 3. The summed E-state index contributed by atoms with van der Waals surface area (Å²) in [4.78, 5) is 19.1. The predicted octanol–water partition coefficient (Wildman–Crippen LogP) is 1.19. The van der Waals surface area contributed by atoms with Gasteiger partial charge in [0.05, 0.1) is 23.6 Å². The monoisotopic (exact) mass is 413 g/mol. The summed E-state index contributed by atoms with van der Waals surface area (Å²) in [6, 6.07) is 7.35. The number of hydrogen-bond acceptors (Lipinski definition) is 4. The lowest BCUT2D eigenvalue weighted by atomic mass is 10.2. The van der Waals surface area contributed by atoms with Crippen LogP contribution in [-0.4, -0.2) is 31.7 Å². The quantitative estimate of drug-likeness (QED) is 0.655. The molecule has 26 heavy (non-hydrogen) atoms. The molecule has 0 bridgehead atoms. The summed E-state index contributed by atoms with van der Waals surface area (Å²) in [6.45, 7) is 0.742. The van der Waals surface area contributed by atoms with E-state index in [1.807, 2.05) is 0 Å². The standard InChI is InChI=1S/C16H14Cl2N4O3S/c17-13-7-10(9-20-15(13)18)16(23)21-11-3-1-4-12(8-11)26(24,25)22-14-5-2-6-19-14/h1,3-4,7-9H,2,5-6H2,(H,19,22)(H,21,23)/p+1. The van der Waals surface area contributed by atoms with Crippen molar-refractivity contribution in [1.29, 1.82) is 0 Å². The third kappa shape index (κ3) is 4.32. The number of rotatable bonds is 4. The second-order valence-electron chi connectivity index (χ2n) is 5.59. The molecule has 0 unspecified atom stereocenters. The molecule has 3 N–H and O–H groups in total. The Morgan fingerprint density at radius 2 is 2.04 bits per heavy atom. The smallest absolute Gasteiger partial charge is 0.322 e. The SMILES string of the molecule is O=C(Nc1cccc(S(=O)(=O)NC2=[NH+]CCC2)c1)c1cnc(Cl)c(Cl)c1. The van der Waals surface area contributed by atoms with Gasteiger partial charge in [0.25, 0.3) is 11.7 Å². The van der Waals surface area contributed by atoms with Gasteiger partial charge in [-0.3, -0.25) is 9.79 Å². The molecule has 2 aromatic rings. The molecule has 1 amide bonds. The Labute approximate surface area is 160 Å². The fourth-order valence-corrected chi connectivity index (χ4v) is 3.82. The predicted molar refractivity (Wildman–Crippen MR) is 99.0 cm³/mol. The van der Waals surface area contributed by atoms with Crippen LogP contribution >= 0.6 is 23.2 Å². The minimum absolute atomic E-state index is 0.0452. The van der Waals surface area contributed by atoms with Gasteiger partial charge in [0.15, 0.2) is 0 Å². The summed E-state index contributed by atoms with van der Waals surface area (Å²) in [5.74, 6) is 0.0896. The van der Waals surface area contributed by atoms with Gasteiger partial charge >= 0.3 is 10.0 Å². The normalized spacial score (nSPS) is 14.0. The lowest BCUT2D eigenvalue weighted by Gasteiger charge is -2.08. The third-order valence-electron chi connectivity index (χ3n) is 3.66. The van der Waals surface area contributed by atoms with Gasteiger partial charge in [0.2, 0.25) is 0 Å². The number of aromatic nitrogens is 1. The van der Waals surface area contributed by atoms with E-state index in [-0.39, 0.29) is 20.6 Å². The third-order valence-corrected chi connectivity index (χ3v) is 5.74. The van der Waals surface area contributed by atoms with Crippen molar-refractivity contribution in [2.75, 3.05) is 11.9 Å². The zero-order valence-corrected chi connectivity index (χ0v) is 15.7. The Balaban J connectivity index is 1.78. The van der Waals surface area contributed by atoms with Crippen molar-refractivity contribution < 1.29 is 18.2 Å². The number of carbonyl (C=O) groups excluding carboxylic acids is 1. The molecule has 0 aliphatic carbocycles. The van der Waals surface area contributed by atoms with Crippen molar-refractivity contribution in [2.45, 2.75) is 17.7 Å². The summed E-state index contributed by atoms with van der Waals surface area (Å²) >= 11 is 11.6. The lowest BCUT2D eigenvalue weighted by Crippen LogP contribution is -2.72. The fraction of sp³-hybridized carbons (Fsp3) is 0.188. The highest BCUT2D eigenvalue weighted by molar-refractivity contribution is 7.90. The number of nitrogens with zero attached hydrogens (tertiary/aromatic N) is 1. The molecule has 1 aromatic carbocycles. The van der Waals surface area contributed by atoms with E-state index in [2.05, 4.69) is 20.0 Å². The zero-order chi connectivity index (χ0) is 18.7. The maximum absolute atomic E-state index is 12.5. The molecule has 10 heteroatoms. The van der Waals surface area contributed by atoms with Gasteiger partial charge < -0.3 is 5.32 Å². The van der Waals surface area contributed by atoms with Crippen molar-refractivity contribution >= 4 is 50.7 Å². The van der Waals surface area contributed by atoms with Crippen LogP contribution in [0.2, 0.25) is 10.2 Å². The first-order valence-corrected chi connectivity index (χ1v) is 9.94. The van der Waals surface area contributed by atoms with E-state index in [0.717, 1.165) is 13.0 Å². The van der Waals surface area contributed by atoms with E-state index in [1.54, 1.807) is 12.1 Å². The van der Waals surface area contributed by atoms with Crippen molar-refractivity contribution in [1.82, 2.24) is 9.71 Å². The number of pyridine rings is 1. The molecule has 0 fully saturated rings. The second kappa shape index (κ2) is 7.61. The van der Waals surface area contributed by atoms with Gasteiger partial charge in [-0.15, -0.1) is 0 Å². The topological polar surface area (TPSA) is 102 Å². The number of sulfonamides is 1. The summed E-state index contributed by atoms with van der Waals surface area (Å²) in [5.41, 5.74) is 0.532. The highest BCUT2D eigenvalue weighted by atomic mass is 35.5. The average molecular weight is 414 g/mol. The molecule has 136 valence electrons. The van der Waals surface area contributed by atoms with Crippen LogP contribution in [-0.2, 0) is 10.0 Å². The van der Waals surface area contributed by atoms with Crippen LogP contribution in [0.1, 0.15) is 23.2 Å². The van der Waals surface area contributed by atoms with E-state index >= 15 is 0 Å². The first-order chi connectivity index (χ1) is 12.3. The van der Waals surface area contributed by atoms with Crippen molar-refractivity contribution in [3.05, 3.63) is 52.3 Å². The molecule has 0 saturated carbocycles. The number of carbonyl (C=O) groups is 1. The first kappa shape index (κ1) is 18.6. The lowest BCUT2D eigenvalue weighted by molar-refractivity contribution is -0.448. The highest BCUT2D eigenvalue weighted by Gasteiger charge is 2.24. The number of halogens is 2. The minimum atomic E-state index is -3.73. The molecular weight excluding hydrogens is 399 g/mol. The summed E-state index contributed by atoms with van der Waals surface area (Å²) < 4.78 is 27.4. The number of anilines is 1. The molecule has 0 radical (unpaired) electrons. The maximum atomic E-state index is 12.5. The second-order valence-corrected chi connectivity index (χ2v) is 8.04. The van der Waals surface area contributed by atoms with Crippen LogP contribution < -0.4 is 15.0 Å². The molecule has 0 spiro atoms. The van der Waals surface area contributed by atoms with Crippen molar-refractivity contribution in [3.63, 3.8) is 0 Å². The van der Waals surface area contributed by atoms with Gasteiger partial charge in [0, 0.05) is 11.9 Å². The van der Waals surface area contributed by atoms with E-state index < -0.39 is 15.9 Å². The van der Waals surface area contributed by atoms with Gasteiger partial charge in [-0.05, 0) is 30.7 Å². The zero-order valence-electron chi connectivity index (χ0n) is 13.4. The number of benzene rings is 1. The van der Waals surface area contributed by atoms with Gasteiger partial charge in [-0.2, -0.15) is 13.1 Å². The van der Waals surface area contributed by atoms with Crippen LogP contribution in [0.3, 0.4) is 0 Å². The first-order valence-electron chi connectivity index (χ1n) is 7.70. The Hall–Kier alpha value is -2.16. The molecular formula is C16H15Cl2N4O3S+. The van der Waals surface area contributed by atoms with Crippen LogP contribution in [0.25, 0.3) is 0 Å². The molecule has 1 aliphatic rings. The summed E-state index contributed by atoms with van der Waals surface area (Å²) in [7, 11) is -3.73. The van der Waals surface area contributed by atoms with Crippen LogP contribution in [0.4, 0.5) is 5.69 Å². The van der Waals surface area contributed by atoms with E-state index in [1.165, 1.54) is 24.4 Å². The largest absolute Gasteiger partial charge is 0.328 e. The van der Waals surface area contributed by atoms with Crippen LogP contribution in [0.5, 0.6) is 0 Å². The molecule has 1 aliphatic heterocycles. The Morgan fingerprint density at radius 1 is 1.23 bits per heavy atom. The summed E-state index contributed by atoms with van der Waals surface area (Å²) in [6.07, 6.45) is 2.82. The molecule has 1 aromatic heterocycles. The van der Waals surface area contributed by atoms with Crippen molar-refractivity contribution in [2.24, 2.45) is 0 Å². The molecule has 7 nitrogen and oxygen atoms in total. The maximum Gasteiger partial charge on any atom is 0.328 e. The van der Waals surface area contributed by atoms with E-state index in [9.17, 15) is 13.2 Å². The average Bonchev–Trinajstić information content (AvgIpc) is 3.10. The number of amides is 1. The Bertz CT molecular complexity index is 993. The molecule has 3 rings (SSSR count). The number of amidine groups is 1. The van der Waals surface area contributed by atoms with E-state index in [4.69, 9.17) is 23.2 Å².